The minimum absolute atomic E-state index is 0.472. The first-order valence-electron chi connectivity index (χ1n) is 7.79. The lowest BCUT2D eigenvalue weighted by atomic mass is 10.6. The van der Waals surface area contributed by atoms with E-state index in [0.717, 1.165) is 0 Å². The van der Waals surface area contributed by atoms with Crippen molar-refractivity contribution in [1.82, 2.24) is 0 Å². The Labute approximate surface area is 130 Å². The molecule has 0 saturated heterocycles. The molecule has 0 unspecified atom stereocenters. The van der Waals surface area contributed by atoms with Crippen LogP contribution in [-0.4, -0.2) is 52.1 Å². The van der Waals surface area contributed by atoms with Crippen molar-refractivity contribution >= 4 is 0 Å². The summed E-state index contributed by atoms with van der Waals surface area (Å²) in [6.45, 7) is 16.4. The molecule has 0 radical (unpaired) electrons. The van der Waals surface area contributed by atoms with Crippen molar-refractivity contribution in [3.8, 4) is 0 Å². The van der Waals surface area contributed by atoms with Gasteiger partial charge in [0.2, 0.25) is 0 Å². The van der Waals surface area contributed by atoms with Gasteiger partial charge in [-0.2, -0.15) is 0 Å². The van der Waals surface area contributed by atoms with E-state index in [9.17, 15) is 0 Å². The molecule has 21 heavy (non-hydrogen) atoms. The lowest BCUT2D eigenvalue weighted by Gasteiger charge is -2.27. The molecular weight excluding hydrogens is 276 g/mol. The van der Waals surface area contributed by atoms with Crippen molar-refractivity contribution in [1.29, 1.82) is 0 Å². The second kappa shape index (κ2) is 16.1. The molecule has 130 valence electrons. The minimum Gasteiger partial charge on any atom is -0.330 e. The molecule has 0 atom stereocenters. The van der Waals surface area contributed by atoms with Crippen LogP contribution in [0.2, 0.25) is 0 Å². The van der Waals surface area contributed by atoms with Crippen LogP contribution in [0.5, 0.6) is 0 Å². The molecule has 0 heterocycles. The molecule has 0 aromatic rings. The number of ether oxygens (including phenoxy) is 6. The Kier molecular flexibility index (Phi) is 17.7. The van der Waals surface area contributed by atoms with Gasteiger partial charge in [0.15, 0.2) is 0 Å². The number of hydrogen-bond acceptors (Lipinski definition) is 6. The van der Waals surface area contributed by atoms with Crippen molar-refractivity contribution in [2.45, 2.75) is 60.9 Å². The molecule has 0 aliphatic carbocycles. The fourth-order valence-corrected chi connectivity index (χ4v) is 1.46. The topological polar surface area (TPSA) is 55.4 Å². The third-order valence-electron chi connectivity index (χ3n) is 2.13. The molecule has 0 saturated carbocycles. The maximum absolute atomic E-state index is 5.27. The van der Waals surface area contributed by atoms with E-state index in [4.69, 9.17) is 28.4 Å². The Morgan fingerprint density at radius 3 is 1.05 bits per heavy atom. The summed E-state index contributed by atoms with van der Waals surface area (Å²) in [6.07, 6.45) is 0. The lowest BCUT2D eigenvalue weighted by molar-refractivity contribution is -0.365. The molecule has 0 amide bonds. The highest BCUT2D eigenvalue weighted by Gasteiger charge is 2.24. The van der Waals surface area contributed by atoms with E-state index >= 15 is 0 Å². The fraction of sp³-hybridized carbons (Fsp3) is 1.00. The van der Waals surface area contributed by atoms with E-state index in [0.29, 0.717) is 39.6 Å². The van der Waals surface area contributed by atoms with Crippen molar-refractivity contribution in [3.63, 3.8) is 0 Å². The second-order valence-electron chi connectivity index (χ2n) is 3.82. The van der Waals surface area contributed by atoms with Gasteiger partial charge in [0, 0.05) is 46.6 Å². The van der Waals surface area contributed by atoms with E-state index in [1.165, 1.54) is 0 Å². The summed E-state index contributed by atoms with van der Waals surface area (Å²) < 4.78 is 31.0. The first kappa shape index (κ1) is 23.0. The Bertz CT molecular complexity index is 169. The fourth-order valence-electron chi connectivity index (χ4n) is 1.46. The largest absolute Gasteiger partial charge is 0.330 e. The SMILES string of the molecule is CCOC(C)(OCC)OCC.CCOC(OCC)OCC. The van der Waals surface area contributed by atoms with Gasteiger partial charge < -0.3 is 28.4 Å². The third kappa shape index (κ3) is 14.5. The molecule has 0 spiro atoms. The summed E-state index contributed by atoms with van der Waals surface area (Å²) in [7, 11) is 0. The van der Waals surface area contributed by atoms with Crippen LogP contribution in [0.1, 0.15) is 48.5 Å². The Hall–Kier alpha value is -0.240. The zero-order valence-electron chi connectivity index (χ0n) is 14.8. The zero-order chi connectivity index (χ0) is 16.6. The average Bonchev–Trinajstić information content (AvgIpc) is 2.41. The van der Waals surface area contributed by atoms with Crippen LogP contribution in [-0.2, 0) is 28.4 Å². The van der Waals surface area contributed by atoms with Crippen LogP contribution in [0.15, 0.2) is 0 Å². The van der Waals surface area contributed by atoms with Gasteiger partial charge >= 0.3 is 0 Å². The highest BCUT2D eigenvalue weighted by Crippen LogP contribution is 2.13. The maximum atomic E-state index is 5.27. The molecule has 0 bridgehead atoms. The number of rotatable bonds is 12. The Morgan fingerprint density at radius 2 is 0.857 bits per heavy atom. The molecule has 0 N–H and O–H groups in total. The molecule has 0 aliphatic heterocycles. The summed E-state index contributed by atoms with van der Waals surface area (Å²) in [5, 5.41) is 0. The monoisotopic (exact) mass is 310 g/mol. The van der Waals surface area contributed by atoms with Crippen LogP contribution in [0.3, 0.4) is 0 Å². The molecule has 0 aromatic heterocycles. The highest BCUT2D eigenvalue weighted by atomic mass is 16.9. The van der Waals surface area contributed by atoms with Crippen LogP contribution in [0, 0.1) is 0 Å². The summed E-state index contributed by atoms with van der Waals surface area (Å²) in [4.78, 5) is 0. The normalized spacial score (nSPS) is 11.4. The first-order valence-corrected chi connectivity index (χ1v) is 7.79. The smallest absolute Gasteiger partial charge is 0.279 e. The van der Waals surface area contributed by atoms with Crippen molar-refractivity contribution < 1.29 is 28.4 Å². The average molecular weight is 310 g/mol. The summed E-state index contributed by atoms with van der Waals surface area (Å²) in [6, 6.07) is 0. The number of hydrogen-bond donors (Lipinski definition) is 0. The van der Waals surface area contributed by atoms with Gasteiger partial charge in [0.25, 0.3) is 12.4 Å². The van der Waals surface area contributed by atoms with E-state index in [1.54, 1.807) is 6.92 Å². The Balaban J connectivity index is 0. The molecule has 0 aliphatic rings. The highest BCUT2D eigenvalue weighted by molar-refractivity contribution is 4.45. The molecule has 6 heteroatoms. The van der Waals surface area contributed by atoms with Gasteiger partial charge in [-0.05, 0) is 41.5 Å². The molecule has 0 aromatic carbocycles. The van der Waals surface area contributed by atoms with E-state index in [-0.39, 0.29) is 0 Å². The minimum atomic E-state index is -0.849. The van der Waals surface area contributed by atoms with Gasteiger partial charge in [-0.25, -0.2) is 0 Å². The first-order chi connectivity index (χ1) is 10.0. The molecule has 0 rings (SSSR count). The third-order valence-corrected chi connectivity index (χ3v) is 2.13. The summed E-state index contributed by atoms with van der Waals surface area (Å²) in [5.74, 6) is -0.849. The zero-order valence-corrected chi connectivity index (χ0v) is 14.8. The van der Waals surface area contributed by atoms with Gasteiger partial charge in [-0.1, -0.05) is 0 Å². The Morgan fingerprint density at radius 1 is 0.571 bits per heavy atom. The van der Waals surface area contributed by atoms with Crippen LogP contribution < -0.4 is 0 Å². The second-order valence-corrected chi connectivity index (χ2v) is 3.82. The van der Waals surface area contributed by atoms with E-state index in [2.05, 4.69) is 0 Å². The van der Waals surface area contributed by atoms with Gasteiger partial charge in [0.05, 0.1) is 0 Å². The standard InChI is InChI=1S/C8H18O3.C7H16O3/c1-5-9-8(4,10-6-2)11-7-3;1-4-8-7(9-5-2)10-6-3/h5-7H2,1-4H3;7H,4-6H2,1-3H3. The van der Waals surface area contributed by atoms with Crippen molar-refractivity contribution in [2.75, 3.05) is 39.6 Å². The maximum Gasteiger partial charge on any atom is 0.279 e. The lowest BCUT2D eigenvalue weighted by Crippen LogP contribution is -2.35. The van der Waals surface area contributed by atoms with Gasteiger partial charge in [-0.3, -0.25) is 0 Å². The molecule has 0 fully saturated rings. The van der Waals surface area contributed by atoms with Crippen molar-refractivity contribution in [3.05, 3.63) is 0 Å². The van der Waals surface area contributed by atoms with E-state index < -0.39 is 12.4 Å². The van der Waals surface area contributed by atoms with Crippen LogP contribution in [0.25, 0.3) is 0 Å². The quantitative estimate of drug-likeness (QED) is 0.516. The molecule has 6 nitrogen and oxygen atoms in total. The van der Waals surface area contributed by atoms with E-state index in [1.807, 2.05) is 41.5 Å². The predicted molar refractivity (Wildman–Crippen MR) is 81.9 cm³/mol. The summed E-state index contributed by atoms with van der Waals surface area (Å²) in [5.41, 5.74) is 0. The predicted octanol–water partition coefficient (Wildman–Crippen LogP) is 3.15. The molecular formula is C15H34O6. The van der Waals surface area contributed by atoms with Crippen LogP contribution in [0.4, 0.5) is 0 Å². The van der Waals surface area contributed by atoms with Gasteiger partial charge in [-0.15, -0.1) is 0 Å². The van der Waals surface area contributed by atoms with Crippen molar-refractivity contribution in [2.24, 2.45) is 0 Å². The summed E-state index contributed by atoms with van der Waals surface area (Å²) >= 11 is 0. The van der Waals surface area contributed by atoms with Crippen LogP contribution >= 0.6 is 0 Å². The van der Waals surface area contributed by atoms with Gasteiger partial charge in [0.1, 0.15) is 0 Å².